The summed E-state index contributed by atoms with van der Waals surface area (Å²) in [6, 6.07) is 0. The average Bonchev–Trinajstić information content (AvgIpc) is 2.47. The van der Waals surface area contributed by atoms with Gasteiger partial charge in [-0.05, 0) is 33.6 Å². The van der Waals surface area contributed by atoms with Crippen molar-refractivity contribution in [2.45, 2.75) is 72.8 Å². The van der Waals surface area contributed by atoms with Crippen LogP contribution in [-0.4, -0.2) is 48.7 Å². The van der Waals surface area contributed by atoms with Gasteiger partial charge in [0.25, 0.3) is 0 Å². The van der Waals surface area contributed by atoms with E-state index in [1.54, 1.807) is 0 Å². The van der Waals surface area contributed by atoms with Crippen LogP contribution in [0.25, 0.3) is 0 Å². The number of carbonyl (C=O) groups is 1. The number of hydrogen-bond donors (Lipinski definition) is 2. The fourth-order valence-corrected chi connectivity index (χ4v) is 0.928. The Morgan fingerprint density at radius 1 is 1.05 bits per heavy atom. The summed E-state index contributed by atoms with van der Waals surface area (Å²) in [5, 5.41) is 16.0. The SMILES string of the molecule is CC(O)CO.CCCCOC(=O)CCCC.CCOCC. The highest BCUT2D eigenvalue weighted by molar-refractivity contribution is 5.69. The number of esters is 1. The second-order valence-electron chi connectivity index (χ2n) is 4.49. The molecule has 0 heterocycles. The van der Waals surface area contributed by atoms with Crippen molar-refractivity contribution in [2.75, 3.05) is 26.4 Å². The maximum absolute atomic E-state index is 10.9. The van der Waals surface area contributed by atoms with Crippen LogP contribution in [0.2, 0.25) is 0 Å². The molecule has 0 radical (unpaired) electrons. The molecule has 0 rings (SSSR count). The summed E-state index contributed by atoms with van der Waals surface area (Å²) in [5.41, 5.74) is 0. The zero-order valence-electron chi connectivity index (χ0n) is 14.6. The van der Waals surface area contributed by atoms with Crippen LogP contribution in [0.1, 0.15) is 66.7 Å². The zero-order chi connectivity index (χ0) is 16.9. The molecule has 5 heteroatoms. The molecule has 0 saturated carbocycles. The summed E-state index contributed by atoms with van der Waals surface area (Å²) >= 11 is 0. The Kier molecular flexibility index (Phi) is 29.4. The molecule has 0 aliphatic rings. The molecule has 0 aromatic heterocycles. The van der Waals surface area contributed by atoms with E-state index in [1.807, 2.05) is 13.8 Å². The van der Waals surface area contributed by atoms with Gasteiger partial charge < -0.3 is 19.7 Å². The molecular formula is C16H36O5. The largest absolute Gasteiger partial charge is 0.466 e. The third kappa shape index (κ3) is 38.2. The molecule has 0 aromatic rings. The normalized spacial score (nSPS) is 10.6. The van der Waals surface area contributed by atoms with E-state index in [0.717, 1.165) is 38.9 Å². The summed E-state index contributed by atoms with van der Waals surface area (Å²) < 4.78 is 9.78. The summed E-state index contributed by atoms with van der Waals surface area (Å²) in [7, 11) is 0. The number of aliphatic hydroxyl groups excluding tert-OH is 2. The fourth-order valence-electron chi connectivity index (χ4n) is 0.928. The van der Waals surface area contributed by atoms with Crippen molar-refractivity contribution in [3.8, 4) is 0 Å². The van der Waals surface area contributed by atoms with Gasteiger partial charge in [-0.3, -0.25) is 4.79 Å². The maximum atomic E-state index is 10.9. The standard InChI is InChI=1S/C9H18O2.C4H10O.C3H8O2/c1-3-5-7-9(10)11-8-6-4-2;1-3-5-4-2;1-3(5)2-4/h3-8H2,1-2H3;3-4H2,1-2H3;3-5H,2H2,1H3. The molecule has 0 spiro atoms. The third-order valence-electron chi connectivity index (χ3n) is 2.17. The topological polar surface area (TPSA) is 76.0 Å². The summed E-state index contributed by atoms with van der Waals surface area (Å²) in [4.78, 5) is 10.9. The summed E-state index contributed by atoms with van der Waals surface area (Å²) in [6.07, 6.45) is 4.10. The predicted molar refractivity (Wildman–Crippen MR) is 86.3 cm³/mol. The molecule has 0 bridgehead atoms. The van der Waals surface area contributed by atoms with E-state index in [9.17, 15) is 4.79 Å². The summed E-state index contributed by atoms with van der Waals surface area (Å²) in [5.74, 6) is -0.0414. The highest BCUT2D eigenvalue weighted by atomic mass is 16.5. The number of unbranched alkanes of at least 4 members (excludes halogenated alkanes) is 2. The Labute approximate surface area is 130 Å². The lowest BCUT2D eigenvalue weighted by Gasteiger charge is -2.01. The first-order chi connectivity index (χ1) is 9.99. The minimum atomic E-state index is -0.560. The van der Waals surface area contributed by atoms with Gasteiger partial charge in [0.1, 0.15) is 0 Å². The molecular weight excluding hydrogens is 272 g/mol. The highest BCUT2D eigenvalue weighted by Gasteiger charge is 1.99. The van der Waals surface area contributed by atoms with Crippen molar-refractivity contribution in [1.82, 2.24) is 0 Å². The molecule has 2 N–H and O–H groups in total. The quantitative estimate of drug-likeness (QED) is 0.506. The van der Waals surface area contributed by atoms with Gasteiger partial charge in [-0.25, -0.2) is 0 Å². The monoisotopic (exact) mass is 308 g/mol. The first-order valence-corrected chi connectivity index (χ1v) is 8.02. The Hall–Kier alpha value is -0.650. The predicted octanol–water partition coefficient (Wildman–Crippen LogP) is 2.92. The molecule has 0 aliphatic carbocycles. The number of carbonyl (C=O) groups excluding carboxylic acids is 1. The van der Waals surface area contributed by atoms with Gasteiger partial charge in [0.2, 0.25) is 0 Å². The van der Waals surface area contributed by atoms with Gasteiger partial charge in [-0.1, -0.05) is 26.7 Å². The Balaban J connectivity index is -0.000000270. The van der Waals surface area contributed by atoms with E-state index in [2.05, 4.69) is 13.8 Å². The van der Waals surface area contributed by atoms with Gasteiger partial charge in [-0.2, -0.15) is 0 Å². The lowest BCUT2D eigenvalue weighted by atomic mass is 10.2. The van der Waals surface area contributed by atoms with Crippen molar-refractivity contribution in [3.63, 3.8) is 0 Å². The molecule has 1 atom stereocenters. The number of ether oxygens (including phenoxy) is 2. The van der Waals surface area contributed by atoms with E-state index in [1.165, 1.54) is 6.92 Å². The van der Waals surface area contributed by atoms with Crippen molar-refractivity contribution in [1.29, 1.82) is 0 Å². The maximum Gasteiger partial charge on any atom is 0.305 e. The number of rotatable bonds is 9. The second-order valence-corrected chi connectivity index (χ2v) is 4.49. The van der Waals surface area contributed by atoms with Crippen LogP contribution in [0.4, 0.5) is 0 Å². The first kappa shape index (κ1) is 25.3. The molecule has 1 unspecified atom stereocenters. The number of aliphatic hydroxyl groups is 2. The zero-order valence-corrected chi connectivity index (χ0v) is 14.6. The molecule has 130 valence electrons. The van der Waals surface area contributed by atoms with Gasteiger partial charge in [-0.15, -0.1) is 0 Å². The Morgan fingerprint density at radius 3 is 1.81 bits per heavy atom. The van der Waals surface area contributed by atoms with E-state index < -0.39 is 6.10 Å². The van der Waals surface area contributed by atoms with Crippen LogP contribution in [0.15, 0.2) is 0 Å². The van der Waals surface area contributed by atoms with Gasteiger partial charge in [0.15, 0.2) is 0 Å². The molecule has 5 nitrogen and oxygen atoms in total. The molecule has 0 fully saturated rings. The van der Waals surface area contributed by atoms with Crippen molar-refractivity contribution >= 4 is 5.97 Å². The smallest absolute Gasteiger partial charge is 0.305 e. The minimum absolute atomic E-state index is 0.0414. The van der Waals surface area contributed by atoms with Crippen LogP contribution in [0.3, 0.4) is 0 Å². The Morgan fingerprint density at radius 2 is 1.52 bits per heavy atom. The molecule has 0 saturated heterocycles. The van der Waals surface area contributed by atoms with E-state index in [0.29, 0.717) is 13.0 Å². The van der Waals surface area contributed by atoms with Gasteiger partial charge >= 0.3 is 5.97 Å². The van der Waals surface area contributed by atoms with Crippen molar-refractivity contribution < 1.29 is 24.5 Å². The van der Waals surface area contributed by atoms with Crippen LogP contribution < -0.4 is 0 Å². The third-order valence-corrected chi connectivity index (χ3v) is 2.17. The molecule has 0 aromatic carbocycles. The van der Waals surface area contributed by atoms with E-state index in [4.69, 9.17) is 19.7 Å². The van der Waals surface area contributed by atoms with E-state index >= 15 is 0 Å². The van der Waals surface area contributed by atoms with Crippen molar-refractivity contribution in [2.24, 2.45) is 0 Å². The lowest BCUT2D eigenvalue weighted by Crippen LogP contribution is -2.04. The number of hydrogen-bond acceptors (Lipinski definition) is 5. The van der Waals surface area contributed by atoms with Crippen LogP contribution >= 0.6 is 0 Å². The first-order valence-electron chi connectivity index (χ1n) is 8.02. The highest BCUT2D eigenvalue weighted by Crippen LogP contribution is 1.97. The average molecular weight is 308 g/mol. The summed E-state index contributed by atoms with van der Waals surface area (Å²) in [6.45, 7) is 11.8. The van der Waals surface area contributed by atoms with Crippen LogP contribution in [0, 0.1) is 0 Å². The minimum Gasteiger partial charge on any atom is -0.466 e. The van der Waals surface area contributed by atoms with Crippen molar-refractivity contribution in [3.05, 3.63) is 0 Å². The molecule has 0 amide bonds. The molecule has 21 heavy (non-hydrogen) atoms. The second kappa shape index (κ2) is 24.4. The molecule has 0 aliphatic heterocycles. The lowest BCUT2D eigenvalue weighted by molar-refractivity contribution is -0.143. The van der Waals surface area contributed by atoms with Gasteiger partial charge in [0, 0.05) is 19.6 Å². The fraction of sp³-hybridized carbons (Fsp3) is 0.938. The van der Waals surface area contributed by atoms with Crippen LogP contribution in [0.5, 0.6) is 0 Å². The Bertz CT molecular complexity index is 182. The van der Waals surface area contributed by atoms with E-state index in [-0.39, 0.29) is 12.6 Å². The van der Waals surface area contributed by atoms with Crippen LogP contribution in [-0.2, 0) is 14.3 Å². The van der Waals surface area contributed by atoms with Gasteiger partial charge in [0.05, 0.1) is 19.3 Å².